The molecule has 128 valence electrons. The quantitative estimate of drug-likeness (QED) is 0.332. The highest BCUT2D eigenvalue weighted by atomic mass is 16.5. The van der Waals surface area contributed by atoms with E-state index in [-0.39, 0.29) is 6.61 Å². The first-order valence-electron chi connectivity index (χ1n) is 7.39. The van der Waals surface area contributed by atoms with Gasteiger partial charge >= 0.3 is 12.0 Å². The number of amides is 2. The van der Waals surface area contributed by atoms with Gasteiger partial charge in [-0.05, 0) is 18.6 Å². The van der Waals surface area contributed by atoms with E-state index in [1.165, 1.54) is 19.2 Å². The first kappa shape index (κ1) is 19.1. The van der Waals surface area contributed by atoms with Gasteiger partial charge in [-0.15, -0.1) is 0 Å². The topological polar surface area (TPSA) is 92.8 Å². The molecular formula is C17H20N2O5. The molecule has 0 saturated carbocycles. The molecule has 24 heavy (non-hydrogen) atoms. The van der Waals surface area contributed by atoms with Crippen LogP contribution in [0, 0.1) is 0 Å². The summed E-state index contributed by atoms with van der Waals surface area (Å²) < 4.78 is 4.76. The number of nitrogens with one attached hydrogen (secondary N) is 1. The van der Waals surface area contributed by atoms with E-state index >= 15 is 0 Å². The van der Waals surface area contributed by atoms with Crippen LogP contribution in [0.25, 0.3) is 6.08 Å². The summed E-state index contributed by atoms with van der Waals surface area (Å²) in [6, 6.07) is 6.89. The molecule has 0 aliphatic carbocycles. The summed E-state index contributed by atoms with van der Waals surface area (Å²) in [7, 11) is 1.34. The molecule has 7 heteroatoms. The summed E-state index contributed by atoms with van der Waals surface area (Å²) >= 11 is 0. The van der Waals surface area contributed by atoms with Crippen molar-refractivity contribution < 1.29 is 23.9 Å². The molecule has 1 rings (SSSR count). The molecule has 0 heterocycles. The van der Waals surface area contributed by atoms with Crippen molar-refractivity contribution in [2.24, 2.45) is 0 Å². The number of rotatable bonds is 8. The molecule has 1 unspecified atom stereocenters. The van der Waals surface area contributed by atoms with E-state index in [1.54, 1.807) is 31.2 Å². The zero-order chi connectivity index (χ0) is 17.9. The minimum absolute atomic E-state index is 0.133. The maximum absolute atomic E-state index is 12.3. The summed E-state index contributed by atoms with van der Waals surface area (Å²) in [5.74, 6) is -1.31. The third kappa shape index (κ3) is 5.68. The molecule has 0 aromatic heterocycles. The molecule has 1 atom stereocenters. The van der Waals surface area contributed by atoms with Crippen molar-refractivity contribution in [1.82, 2.24) is 10.2 Å². The van der Waals surface area contributed by atoms with Gasteiger partial charge in [0.15, 0.2) is 18.1 Å². The number of hydrogen-bond donors (Lipinski definition) is 1. The molecule has 0 radical (unpaired) electrons. The number of ether oxygens (including phenoxy) is 1. The molecule has 0 aliphatic heterocycles. The highest BCUT2D eigenvalue weighted by Crippen LogP contribution is 2.06. The number of esters is 1. The number of urea groups is 1. The van der Waals surface area contributed by atoms with Crippen LogP contribution in [0.4, 0.5) is 4.79 Å². The standard InChI is InChI=1S/C17H20N2O5/c1-3-24-16(22)11-19(17(23)18-2)14(12-20)15(21)10-9-13-7-5-4-6-8-13/h4-10,12,14H,3,11H2,1-2H3,(H,18,23). The number of carbonyl (C=O) groups excluding carboxylic acids is 4. The number of aldehydes is 1. The Labute approximate surface area is 140 Å². The van der Waals surface area contributed by atoms with Crippen LogP contribution < -0.4 is 5.32 Å². The van der Waals surface area contributed by atoms with Gasteiger partial charge in [0.05, 0.1) is 6.61 Å². The lowest BCUT2D eigenvalue weighted by atomic mass is 10.1. The second-order valence-electron chi connectivity index (χ2n) is 4.72. The normalized spacial score (nSPS) is 11.6. The van der Waals surface area contributed by atoms with Crippen molar-refractivity contribution >= 4 is 30.1 Å². The summed E-state index contributed by atoms with van der Waals surface area (Å²) in [6.07, 6.45) is 3.06. The maximum Gasteiger partial charge on any atom is 0.325 e. The van der Waals surface area contributed by atoms with Crippen LogP contribution in [0.3, 0.4) is 0 Å². The Morgan fingerprint density at radius 3 is 2.46 bits per heavy atom. The van der Waals surface area contributed by atoms with Crippen LogP contribution in [0.1, 0.15) is 12.5 Å². The fourth-order valence-corrected chi connectivity index (χ4v) is 1.92. The molecule has 0 fully saturated rings. The Kier molecular flexibility index (Phi) is 7.90. The minimum atomic E-state index is -1.41. The summed E-state index contributed by atoms with van der Waals surface area (Å²) in [5, 5.41) is 2.30. The second kappa shape index (κ2) is 9.94. The first-order valence-corrected chi connectivity index (χ1v) is 7.39. The Hall–Kier alpha value is -2.96. The third-order valence-electron chi connectivity index (χ3n) is 3.08. The van der Waals surface area contributed by atoms with E-state index < -0.39 is 30.4 Å². The largest absolute Gasteiger partial charge is 0.465 e. The molecule has 2 amide bonds. The van der Waals surface area contributed by atoms with E-state index in [0.717, 1.165) is 10.5 Å². The van der Waals surface area contributed by atoms with Gasteiger partial charge in [0, 0.05) is 7.05 Å². The molecular weight excluding hydrogens is 312 g/mol. The van der Waals surface area contributed by atoms with Crippen molar-refractivity contribution in [3.05, 3.63) is 42.0 Å². The molecule has 0 spiro atoms. The molecule has 1 aromatic rings. The molecule has 1 N–H and O–H groups in total. The Balaban J connectivity index is 2.93. The van der Waals surface area contributed by atoms with E-state index in [2.05, 4.69) is 5.32 Å². The van der Waals surface area contributed by atoms with Gasteiger partial charge in [-0.3, -0.25) is 14.5 Å². The van der Waals surface area contributed by atoms with Crippen molar-refractivity contribution in [1.29, 1.82) is 0 Å². The van der Waals surface area contributed by atoms with Gasteiger partial charge in [0.1, 0.15) is 6.54 Å². The number of ketones is 1. The van der Waals surface area contributed by atoms with Crippen LogP contribution in [-0.2, 0) is 19.1 Å². The molecule has 7 nitrogen and oxygen atoms in total. The number of benzene rings is 1. The molecule has 0 bridgehead atoms. The van der Waals surface area contributed by atoms with Gasteiger partial charge in [-0.1, -0.05) is 36.4 Å². The van der Waals surface area contributed by atoms with Gasteiger partial charge in [-0.2, -0.15) is 0 Å². The minimum Gasteiger partial charge on any atom is -0.465 e. The fraction of sp³-hybridized carbons (Fsp3) is 0.294. The third-order valence-corrected chi connectivity index (χ3v) is 3.08. The smallest absolute Gasteiger partial charge is 0.325 e. The Morgan fingerprint density at radius 2 is 1.92 bits per heavy atom. The maximum atomic E-state index is 12.3. The SMILES string of the molecule is CCOC(=O)CN(C(=O)NC)C(C=O)C(=O)C=Cc1ccccc1. The number of nitrogens with zero attached hydrogens (tertiary/aromatic N) is 1. The van der Waals surface area contributed by atoms with Gasteiger partial charge in [0.2, 0.25) is 0 Å². The Bertz CT molecular complexity index is 613. The van der Waals surface area contributed by atoms with Crippen molar-refractivity contribution in [3.63, 3.8) is 0 Å². The average molecular weight is 332 g/mol. The van der Waals surface area contributed by atoms with Gasteiger partial charge < -0.3 is 14.8 Å². The first-order chi connectivity index (χ1) is 11.5. The van der Waals surface area contributed by atoms with Crippen molar-refractivity contribution in [3.8, 4) is 0 Å². The van der Waals surface area contributed by atoms with E-state index in [0.29, 0.717) is 6.29 Å². The van der Waals surface area contributed by atoms with Crippen LogP contribution in [0.2, 0.25) is 0 Å². The van der Waals surface area contributed by atoms with Gasteiger partial charge in [-0.25, -0.2) is 4.79 Å². The zero-order valence-corrected chi connectivity index (χ0v) is 13.6. The molecule has 0 saturated heterocycles. The lowest BCUT2D eigenvalue weighted by Crippen LogP contribution is -2.51. The summed E-state index contributed by atoms with van der Waals surface area (Å²) in [5.41, 5.74) is 0.771. The van der Waals surface area contributed by atoms with Crippen LogP contribution in [0.5, 0.6) is 0 Å². The molecule has 0 aliphatic rings. The van der Waals surface area contributed by atoms with E-state index in [9.17, 15) is 19.2 Å². The van der Waals surface area contributed by atoms with E-state index in [1.807, 2.05) is 6.07 Å². The summed E-state index contributed by atoms with van der Waals surface area (Å²) in [6.45, 7) is 1.25. The van der Waals surface area contributed by atoms with E-state index in [4.69, 9.17) is 4.74 Å². The summed E-state index contributed by atoms with van der Waals surface area (Å²) in [4.78, 5) is 47.9. The lowest BCUT2D eigenvalue weighted by Gasteiger charge is -2.25. The van der Waals surface area contributed by atoms with Crippen LogP contribution in [-0.4, -0.2) is 55.2 Å². The lowest BCUT2D eigenvalue weighted by molar-refractivity contribution is -0.144. The number of hydrogen-bond acceptors (Lipinski definition) is 5. The predicted octanol–water partition coefficient (Wildman–Crippen LogP) is 1.04. The second-order valence-corrected chi connectivity index (χ2v) is 4.72. The predicted molar refractivity (Wildman–Crippen MR) is 88.1 cm³/mol. The average Bonchev–Trinajstić information content (AvgIpc) is 2.60. The van der Waals surface area contributed by atoms with Crippen LogP contribution >= 0.6 is 0 Å². The monoisotopic (exact) mass is 332 g/mol. The molecule has 1 aromatic carbocycles. The van der Waals surface area contributed by atoms with Crippen LogP contribution in [0.15, 0.2) is 36.4 Å². The number of carbonyl (C=O) groups is 4. The van der Waals surface area contributed by atoms with Crippen molar-refractivity contribution in [2.75, 3.05) is 20.2 Å². The Morgan fingerprint density at radius 1 is 1.25 bits per heavy atom. The van der Waals surface area contributed by atoms with Gasteiger partial charge in [0.25, 0.3) is 0 Å². The highest BCUT2D eigenvalue weighted by Gasteiger charge is 2.29. The zero-order valence-electron chi connectivity index (χ0n) is 13.6. The fourth-order valence-electron chi connectivity index (χ4n) is 1.92. The highest BCUT2D eigenvalue weighted by molar-refractivity contribution is 6.08. The van der Waals surface area contributed by atoms with Crippen molar-refractivity contribution in [2.45, 2.75) is 13.0 Å².